The van der Waals surface area contributed by atoms with E-state index in [9.17, 15) is 14.7 Å². The highest BCUT2D eigenvalue weighted by molar-refractivity contribution is 5.92. The SMILES string of the molecule is CCCCn1nc(C(=O)NC(C)(CC)CO)ccc1=O. The van der Waals surface area contributed by atoms with Crippen molar-refractivity contribution in [2.75, 3.05) is 6.61 Å². The molecule has 6 heteroatoms. The summed E-state index contributed by atoms with van der Waals surface area (Å²) in [6, 6.07) is 2.76. The molecule has 0 aliphatic heterocycles. The summed E-state index contributed by atoms with van der Waals surface area (Å²) in [5.74, 6) is -0.381. The van der Waals surface area contributed by atoms with E-state index in [0.29, 0.717) is 13.0 Å². The summed E-state index contributed by atoms with van der Waals surface area (Å²) < 4.78 is 1.31. The van der Waals surface area contributed by atoms with Crippen molar-refractivity contribution in [3.05, 3.63) is 28.2 Å². The zero-order valence-corrected chi connectivity index (χ0v) is 12.3. The summed E-state index contributed by atoms with van der Waals surface area (Å²) in [5, 5.41) is 16.1. The summed E-state index contributed by atoms with van der Waals surface area (Å²) >= 11 is 0. The average molecular weight is 281 g/mol. The van der Waals surface area contributed by atoms with E-state index in [4.69, 9.17) is 0 Å². The molecule has 0 fully saturated rings. The standard InChI is InChI=1S/C14H23N3O3/c1-4-6-9-17-12(19)8-7-11(16-17)13(20)15-14(3,5-2)10-18/h7-8,18H,4-6,9-10H2,1-3H3,(H,15,20). The Morgan fingerprint density at radius 1 is 1.45 bits per heavy atom. The van der Waals surface area contributed by atoms with Gasteiger partial charge >= 0.3 is 0 Å². The Labute approximate surface area is 118 Å². The van der Waals surface area contributed by atoms with Gasteiger partial charge in [0.25, 0.3) is 11.5 Å². The summed E-state index contributed by atoms with van der Waals surface area (Å²) in [4.78, 5) is 23.7. The van der Waals surface area contributed by atoms with E-state index in [2.05, 4.69) is 10.4 Å². The Bertz CT molecular complexity index is 507. The number of rotatable bonds is 7. The zero-order valence-electron chi connectivity index (χ0n) is 12.3. The molecule has 1 atom stereocenters. The molecule has 1 unspecified atom stereocenters. The normalized spacial score (nSPS) is 13.8. The van der Waals surface area contributed by atoms with Crippen molar-refractivity contribution in [1.82, 2.24) is 15.1 Å². The van der Waals surface area contributed by atoms with E-state index in [1.54, 1.807) is 6.92 Å². The van der Waals surface area contributed by atoms with Crippen molar-refractivity contribution in [3.8, 4) is 0 Å². The first-order valence-corrected chi connectivity index (χ1v) is 6.97. The third kappa shape index (κ3) is 4.16. The van der Waals surface area contributed by atoms with Crippen LogP contribution in [0.4, 0.5) is 0 Å². The van der Waals surface area contributed by atoms with Gasteiger partial charge in [-0.2, -0.15) is 5.10 Å². The fraction of sp³-hybridized carbons (Fsp3) is 0.643. The maximum absolute atomic E-state index is 12.1. The topological polar surface area (TPSA) is 84.2 Å². The van der Waals surface area contributed by atoms with Crippen molar-refractivity contribution >= 4 is 5.91 Å². The van der Waals surface area contributed by atoms with Crippen LogP contribution < -0.4 is 10.9 Å². The number of hydrogen-bond acceptors (Lipinski definition) is 4. The van der Waals surface area contributed by atoms with E-state index in [1.165, 1.54) is 16.8 Å². The number of aliphatic hydroxyl groups excluding tert-OH is 1. The van der Waals surface area contributed by atoms with Crippen LogP contribution in [0.1, 0.15) is 50.5 Å². The molecule has 0 bridgehead atoms. The molecule has 1 rings (SSSR count). The second-order valence-electron chi connectivity index (χ2n) is 5.16. The second-order valence-corrected chi connectivity index (χ2v) is 5.16. The summed E-state index contributed by atoms with van der Waals surface area (Å²) in [6.45, 7) is 6.02. The fourth-order valence-electron chi connectivity index (χ4n) is 1.62. The van der Waals surface area contributed by atoms with Crippen LogP contribution in [0, 0.1) is 0 Å². The summed E-state index contributed by atoms with van der Waals surface area (Å²) in [5.41, 5.74) is -0.701. The molecule has 0 aliphatic rings. The van der Waals surface area contributed by atoms with Crippen LogP contribution in [0.5, 0.6) is 0 Å². The Hall–Kier alpha value is -1.69. The minimum Gasteiger partial charge on any atom is -0.394 e. The van der Waals surface area contributed by atoms with Gasteiger partial charge in [-0.3, -0.25) is 9.59 Å². The molecule has 0 spiro atoms. The van der Waals surface area contributed by atoms with Crippen LogP contribution in [0.2, 0.25) is 0 Å². The molecule has 0 aliphatic carbocycles. The highest BCUT2D eigenvalue weighted by Gasteiger charge is 2.24. The number of hydrogen-bond donors (Lipinski definition) is 2. The zero-order chi connectivity index (χ0) is 15.2. The van der Waals surface area contributed by atoms with E-state index in [0.717, 1.165) is 12.8 Å². The van der Waals surface area contributed by atoms with Gasteiger partial charge in [0, 0.05) is 12.6 Å². The fourth-order valence-corrected chi connectivity index (χ4v) is 1.62. The van der Waals surface area contributed by atoms with Crippen LogP contribution in [-0.4, -0.2) is 32.9 Å². The predicted molar refractivity (Wildman–Crippen MR) is 76.7 cm³/mol. The Morgan fingerprint density at radius 2 is 2.15 bits per heavy atom. The Morgan fingerprint density at radius 3 is 2.70 bits per heavy atom. The predicted octanol–water partition coefficient (Wildman–Crippen LogP) is 0.934. The number of carbonyl (C=O) groups is 1. The molecular weight excluding hydrogens is 258 g/mol. The lowest BCUT2D eigenvalue weighted by atomic mass is 10.00. The Balaban J connectivity index is 2.91. The lowest BCUT2D eigenvalue weighted by Gasteiger charge is -2.26. The van der Waals surface area contributed by atoms with Crippen molar-refractivity contribution in [2.24, 2.45) is 0 Å². The van der Waals surface area contributed by atoms with Gasteiger partial charge in [-0.15, -0.1) is 0 Å². The van der Waals surface area contributed by atoms with Gasteiger partial charge in [0.15, 0.2) is 0 Å². The number of aryl methyl sites for hydroxylation is 1. The minimum atomic E-state index is -0.677. The molecule has 0 saturated heterocycles. The number of nitrogens with one attached hydrogen (secondary N) is 1. The van der Waals surface area contributed by atoms with Crippen LogP contribution in [0.3, 0.4) is 0 Å². The van der Waals surface area contributed by atoms with E-state index in [-0.39, 0.29) is 23.8 Å². The number of aromatic nitrogens is 2. The first kappa shape index (κ1) is 16.4. The minimum absolute atomic E-state index is 0.148. The van der Waals surface area contributed by atoms with E-state index < -0.39 is 5.54 Å². The first-order chi connectivity index (χ1) is 9.45. The molecule has 0 aromatic carbocycles. The number of amides is 1. The molecular formula is C14H23N3O3. The van der Waals surface area contributed by atoms with Crippen LogP contribution in [-0.2, 0) is 6.54 Å². The molecule has 2 N–H and O–H groups in total. The van der Waals surface area contributed by atoms with Crippen LogP contribution in [0.25, 0.3) is 0 Å². The Kier molecular flexibility index (Phi) is 5.88. The van der Waals surface area contributed by atoms with Crippen LogP contribution >= 0.6 is 0 Å². The molecule has 6 nitrogen and oxygen atoms in total. The van der Waals surface area contributed by atoms with Crippen molar-refractivity contribution in [1.29, 1.82) is 0 Å². The second kappa shape index (κ2) is 7.19. The highest BCUT2D eigenvalue weighted by Crippen LogP contribution is 2.08. The van der Waals surface area contributed by atoms with Gasteiger partial charge in [-0.1, -0.05) is 20.3 Å². The van der Waals surface area contributed by atoms with E-state index in [1.807, 2.05) is 13.8 Å². The monoisotopic (exact) mass is 281 g/mol. The maximum atomic E-state index is 12.1. The molecule has 1 aromatic heterocycles. The van der Waals surface area contributed by atoms with Gasteiger partial charge in [-0.05, 0) is 25.8 Å². The third-order valence-electron chi connectivity index (χ3n) is 3.37. The molecule has 1 amide bonds. The van der Waals surface area contributed by atoms with Gasteiger partial charge < -0.3 is 10.4 Å². The molecule has 112 valence electrons. The molecule has 0 radical (unpaired) electrons. The molecule has 0 saturated carbocycles. The van der Waals surface area contributed by atoms with Crippen molar-refractivity contribution in [3.63, 3.8) is 0 Å². The lowest BCUT2D eigenvalue weighted by Crippen LogP contribution is -2.48. The largest absolute Gasteiger partial charge is 0.394 e. The quantitative estimate of drug-likeness (QED) is 0.779. The number of unbranched alkanes of at least 4 members (excludes halogenated alkanes) is 1. The van der Waals surface area contributed by atoms with Gasteiger partial charge in [-0.25, -0.2) is 4.68 Å². The van der Waals surface area contributed by atoms with Gasteiger partial charge in [0.1, 0.15) is 5.69 Å². The summed E-state index contributed by atoms with van der Waals surface area (Å²) in [6.07, 6.45) is 2.38. The van der Waals surface area contributed by atoms with Crippen molar-refractivity contribution in [2.45, 2.75) is 52.1 Å². The number of nitrogens with zero attached hydrogens (tertiary/aromatic N) is 2. The van der Waals surface area contributed by atoms with Crippen LogP contribution in [0.15, 0.2) is 16.9 Å². The molecule has 1 heterocycles. The smallest absolute Gasteiger partial charge is 0.272 e. The number of aliphatic hydroxyl groups is 1. The molecule has 20 heavy (non-hydrogen) atoms. The number of carbonyl (C=O) groups excluding carboxylic acids is 1. The third-order valence-corrected chi connectivity index (χ3v) is 3.37. The van der Waals surface area contributed by atoms with Gasteiger partial charge in [0.05, 0.1) is 12.1 Å². The van der Waals surface area contributed by atoms with E-state index >= 15 is 0 Å². The maximum Gasteiger partial charge on any atom is 0.272 e. The van der Waals surface area contributed by atoms with Crippen molar-refractivity contribution < 1.29 is 9.90 Å². The first-order valence-electron chi connectivity index (χ1n) is 6.97. The molecule has 1 aromatic rings. The summed E-state index contributed by atoms with van der Waals surface area (Å²) in [7, 11) is 0. The van der Waals surface area contributed by atoms with Gasteiger partial charge in [0.2, 0.25) is 0 Å². The average Bonchev–Trinajstić information content (AvgIpc) is 2.46. The lowest BCUT2D eigenvalue weighted by molar-refractivity contribution is 0.0839. The highest BCUT2D eigenvalue weighted by atomic mass is 16.3.